The molecule has 1 unspecified atom stereocenters. The first-order valence-electron chi connectivity index (χ1n) is 7.40. The van der Waals surface area contributed by atoms with Crippen molar-refractivity contribution in [3.05, 3.63) is 36.7 Å². The molecule has 2 heterocycles. The Kier molecular flexibility index (Phi) is 4.68. The van der Waals surface area contributed by atoms with Gasteiger partial charge in [-0.25, -0.2) is 4.98 Å². The number of nitrogens with zero attached hydrogens (tertiary/aromatic N) is 2. The molecular formula is C16H19N3O2S. The summed E-state index contributed by atoms with van der Waals surface area (Å²) in [5, 5.41) is 3.72. The Hall–Kier alpha value is -1.95. The predicted octanol–water partition coefficient (Wildman–Crippen LogP) is 2.64. The van der Waals surface area contributed by atoms with Gasteiger partial charge in [0.15, 0.2) is 5.16 Å². The molecule has 0 bridgehead atoms. The summed E-state index contributed by atoms with van der Waals surface area (Å²) in [5.41, 5.74) is 0.980. The van der Waals surface area contributed by atoms with Crippen molar-refractivity contribution in [2.75, 3.05) is 13.7 Å². The minimum absolute atomic E-state index is 0.0748. The van der Waals surface area contributed by atoms with E-state index < -0.39 is 0 Å². The molecule has 5 nitrogen and oxygen atoms in total. The Balaban J connectivity index is 1.83. The molecule has 1 aromatic heterocycles. The Morgan fingerprint density at radius 2 is 2.32 bits per heavy atom. The number of nitrogens with one attached hydrogen (secondary N) is 1. The smallest absolute Gasteiger partial charge is 0.233 e. The maximum Gasteiger partial charge on any atom is 0.233 e. The zero-order valence-corrected chi connectivity index (χ0v) is 13.3. The Morgan fingerprint density at radius 1 is 1.41 bits per heavy atom. The Morgan fingerprint density at radius 3 is 3.18 bits per heavy atom. The van der Waals surface area contributed by atoms with Crippen molar-refractivity contribution in [1.29, 1.82) is 0 Å². The van der Waals surface area contributed by atoms with E-state index in [4.69, 9.17) is 4.74 Å². The minimum atomic E-state index is -0.0748. The predicted molar refractivity (Wildman–Crippen MR) is 86.6 cm³/mol. The normalized spacial score (nSPS) is 18.6. The van der Waals surface area contributed by atoms with Crippen molar-refractivity contribution < 1.29 is 9.53 Å². The highest BCUT2D eigenvalue weighted by molar-refractivity contribution is 8.00. The van der Waals surface area contributed by atoms with Gasteiger partial charge in [0.05, 0.1) is 18.0 Å². The van der Waals surface area contributed by atoms with Gasteiger partial charge in [-0.3, -0.25) is 9.36 Å². The number of aromatic nitrogens is 2. The second kappa shape index (κ2) is 6.87. The van der Waals surface area contributed by atoms with Gasteiger partial charge in [-0.05, 0) is 25.0 Å². The summed E-state index contributed by atoms with van der Waals surface area (Å²) in [6.45, 7) is 0.778. The maximum atomic E-state index is 12.1. The van der Waals surface area contributed by atoms with E-state index in [0.717, 1.165) is 42.4 Å². The summed E-state index contributed by atoms with van der Waals surface area (Å²) >= 11 is 1.53. The third-order valence-corrected chi connectivity index (χ3v) is 4.92. The number of thioether (sulfide) groups is 1. The van der Waals surface area contributed by atoms with Crippen molar-refractivity contribution in [2.45, 2.75) is 29.7 Å². The lowest BCUT2D eigenvalue weighted by atomic mass is 10.2. The molecule has 0 spiro atoms. The molecule has 2 aromatic rings. The molecule has 0 radical (unpaired) electrons. The number of carbonyl (C=O) groups excluding carboxylic acids is 1. The number of hydrogen-bond acceptors (Lipinski definition) is 4. The van der Waals surface area contributed by atoms with Gasteiger partial charge < -0.3 is 10.1 Å². The van der Waals surface area contributed by atoms with E-state index in [9.17, 15) is 4.79 Å². The number of benzene rings is 1. The van der Waals surface area contributed by atoms with Crippen LogP contribution < -0.4 is 10.1 Å². The largest absolute Gasteiger partial charge is 0.497 e. The van der Waals surface area contributed by atoms with Crippen molar-refractivity contribution in [3.8, 4) is 11.4 Å². The van der Waals surface area contributed by atoms with Crippen LogP contribution in [0, 0.1) is 0 Å². The lowest BCUT2D eigenvalue weighted by molar-refractivity contribution is -0.120. The summed E-state index contributed by atoms with van der Waals surface area (Å²) < 4.78 is 7.26. The van der Waals surface area contributed by atoms with Crippen LogP contribution in [0.4, 0.5) is 0 Å². The maximum absolute atomic E-state index is 12.1. The molecule has 3 rings (SSSR count). The van der Waals surface area contributed by atoms with Crippen LogP contribution in [0.5, 0.6) is 5.75 Å². The zero-order valence-electron chi connectivity index (χ0n) is 12.5. The van der Waals surface area contributed by atoms with Gasteiger partial charge in [0, 0.05) is 25.0 Å². The summed E-state index contributed by atoms with van der Waals surface area (Å²) in [5.74, 6) is 0.914. The van der Waals surface area contributed by atoms with Gasteiger partial charge in [-0.2, -0.15) is 0 Å². The number of rotatable bonds is 4. The van der Waals surface area contributed by atoms with Crippen LogP contribution in [0.3, 0.4) is 0 Å². The van der Waals surface area contributed by atoms with Crippen LogP contribution in [0.25, 0.3) is 5.69 Å². The molecule has 1 fully saturated rings. The van der Waals surface area contributed by atoms with Gasteiger partial charge in [0.25, 0.3) is 0 Å². The fourth-order valence-electron chi connectivity index (χ4n) is 2.48. The first-order valence-corrected chi connectivity index (χ1v) is 8.28. The number of carbonyl (C=O) groups is 1. The molecule has 22 heavy (non-hydrogen) atoms. The van der Waals surface area contributed by atoms with Gasteiger partial charge in [-0.15, -0.1) is 0 Å². The van der Waals surface area contributed by atoms with Crippen LogP contribution in [0.15, 0.2) is 41.8 Å². The highest BCUT2D eigenvalue weighted by Gasteiger charge is 2.23. The average molecular weight is 317 g/mol. The van der Waals surface area contributed by atoms with E-state index in [0.29, 0.717) is 0 Å². The number of amides is 1. The minimum Gasteiger partial charge on any atom is -0.497 e. The standard InChI is InChI=1S/C16H19N3O2S/c1-21-13-6-4-5-12(11-13)19-10-9-18-16(19)22-14-7-2-3-8-17-15(14)20/h4-6,9-11,14H,2-3,7-8H2,1H3,(H,17,20). The second-order valence-corrected chi connectivity index (χ2v) is 6.34. The van der Waals surface area contributed by atoms with Gasteiger partial charge in [0.2, 0.25) is 5.91 Å². The molecule has 1 aromatic carbocycles. The highest BCUT2D eigenvalue weighted by atomic mass is 32.2. The summed E-state index contributed by atoms with van der Waals surface area (Å²) in [7, 11) is 1.65. The summed E-state index contributed by atoms with van der Waals surface area (Å²) in [6, 6.07) is 7.81. The van der Waals surface area contributed by atoms with Crippen molar-refractivity contribution in [2.24, 2.45) is 0 Å². The van der Waals surface area contributed by atoms with Gasteiger partial charge in [0.1, 0.15) is 5.75 Å². The SMILES string of the molecule is COc1cccc(-n2ccnc2SC2CCCCNC2=O)c1. The third kappa shape index (κ3) is 3.27. The highest BCUT2D eigenvalue weighted by Crippen LogP contribution is 2.29. The zero-order chi connectivity index (χ0) is 15.4. The number of ether oxygens (including phenoxy) is 1. The number of imidazole rings is 1. The van der Waals surface area contributed by atoms with E-state index >= 15 is 0 Å². The van der Waals surface area contributed by atoms with Crippen LogP contribution in [-0.2, 0) is 4.79 Å². The lowest BCUT2D eigenvalue weighted by Crippen LogP contribution is -2.30. The topological polar surface area (TPSA) is 56.1 Å². The van der Waals surface area contributed by atoms with Crippen LogP contribution in [-0.4, -0.2) is 34.4 Å². The third-order valence-electron chi connectivity index (χ3n) is 3.67. The second-order valence-electron chi connectivity index (χ2n) is 5.17. The summed E-state index contributed by atoms with van der Waals surface area (Å²) in [4.78, 5) is 16.5. The van der Waals surface area contributed by atoms with E-state index in [-0.39, 0.29) is 11.2 Å². The van der Waals surface area contributed by atoms with Gasteiger partial charge in [-0.1, -0.05) is 24.2 Å². The molecule has 6 heteroatoms. The number of methoxy groups -OCH3 is 1. The summed E-state index contributed by atoms with van der Waals surface area (Å²) in [6.07, 6.45) is 6.67. The molecule has 1 N–H and O–H groups in total. The fraction of sp³-hybridized carbons (Fsp3) is 0.375. The average Bonchev–Trinajstić information content (AvgIpc) is 2.92. The van der Waals surface area contributed by atoms with E-state index in [1.165, 1.54) is 11.8 Å². The van der Waals surface area contributed by atoms with Crippen LogP contribution in [0.2, 0.25) is 0 Å². The molecule has 1 aliphatic heterocycles. The molecule has 1 saturated heterocycles. The Bertz CT molecular complexity index is 656. The quantitative estimate of drug-likeness (QED) is 0.942. The van der Waals surface area contributed by atoms with Crippen molar-refractivity contribution in [1.82, 2.24) is 14.9 Å². The van der Waals surface area contributed by atoms with Gasteiger partial charge >= 0.3 is 0 Å². The van der Waals surface area contributed by atoms with E-state index in [1.807, 2.05) is 35.0 Å². The molecule has 1 amide bonds. The monoisotopic (exact) mass is 317 g/mol. The van der Waals surface area contributed by atoms with Crippen molar-refractivity contribution >= 4 is 17.7 Å². The number of hydrogen-bond donors (Lipinski definition) is 1. The molecule has 0 saturated carbocycles. The van der Waals surface area contributed by atoms with E-state index in [2.05, 4.69) is 10.3 Å². The molecule has 1 aliphatic rings. The molecule has 0 aliphatic carbocycles. The van der Waals surface area contributed by atoms with E-state index in [1.54, 1.807) is 13.3 Å². The van der Waals surface area contributed by atoms with Crippen LogP contribution in [0.1, 0.15) is 19.3 Å². The first-order chi connectivity index (χ1) is 10.8. The lowest BCUT2D eigenvalue weighted by Gasteiger charge is -2.14. The first kappa shape index (κ1) is 15.0. The van der Waals surface area contributed by atoms with Crippen molar-refractivity contribution in [3.63, 3.8) is 0 Å². The molecule has 1 atom stereocenters. The molecule has 116 valence electrons. The Labute approximate surface area is 134 Å². The van der Waals surface area contributed by atoms with Crippen LogP contribution >= 0.6 is 11.8 Å². The fourth-order valence-corrected chi connectivity index (χ4v) is 3.62. The molecular weight excluding hydrogens is 298 g/mol.